The summed E-state index contributed by atoms with van der Waals surface area (Å²) >= 11 is 0. The van der Waals surface area contributed by atoms with Gasteiger partial charge >= 0.3 is 6.03 Å². The Bertz CT molecular complexity index is 1100. The van der Waals surface area contributed by atoms with Crippen molar-refractivity contribution < 1.29 is 19.4 Å². The smallest absolute Gasteiger partial charge is 0.321 e. The third-order valence-electron chi connectivity index (χ3n) is 7.01. The molecule has 1 aromatic carbocycles. The average Bonchev–Trinajstić information content (AvgIpc) is 2.91. The molecule has 0 bridgehead atoms. The highest BCUT2D eigenvalue weighted by Crippen LogP contribution is 2.32. The lowest BCUT2D eigenvalue weighted by Crippen LogP contribution is -2.50. The summed E-state index contributed by atoms with van der Waals surface area (Å²) in [5.41, 5.74) is 3.25. The highest BCUT2D eigenvalue weighted by Gasteiger charge is 2.35. The van der Waals surface area contributed by atoms with Crippen molar-refractivity contribution in [3.8, 4) is 5.88 Å². The number of carbonyl (C=O) groups is 2. The maximum atomic E-state index is 13.6. The molecule has 36 heavy (non-hydrogen) atoms. The zero-order chi connectivity index (χ0) is 25.7. The van der Waals surface area contributed by atoms with E-state index in [0.717, 1.165) is 24.8 Å². The molecular formula is C28H36N4O4. The van der Waals surface area contributed by atoms with Crippen molar-refractivity contribution in [3.05, 3.63) is 59.8 Å². The fraction of sp³-hybridized carbons (Fsp3) is 0.464. The van der Waals surface area contributed by atoms with Gasteiger partial charge in [-0.25, -0.2) is 9.78 Å². The molecule has 0 radical (unpaired) electrons. The third-order valence-corrected chi connectivity index (χ3v) is 7.01. The summed E-state index contributed by atoms with van der Waals surface area (Å²) in [7, 11) is 1.72. The lowest BCUT2D eigenvalue weighted by Gasteiger charge is -2.37. The van der Waals surface area contributed by atoms with Crippen LogP contribution in [0.4, 0.5) is 10.5 Å². The molecule has 2 heterocycles. The van der Waals surface area contributed by atoms with Crippen molar-refractivity contribution in [1.82, 2.24) is 14.8 Å². The number of ether oxygens (including phenoxy) is 1. The number of nitrogens with zero attached hydrogens (tertiary/aromatic N) is 3. The molecule has 0 unspecified atom stereocenters. The van der Waals surface area contributed by atoms with Gasteiger partial charge in [0.15, 0.2) is 0 Å². The molecule has 2 aliphatic rings. The van der Waals surface area contributed by atoms with E-state index in [9.17, 15) is 14.7 Å². The Balaban J connectivity index is 1.61. The molecule has 8 nitrogen and oxygen atoms in total. The van der Waals surface area contributed by atoms with Gasteiger partial charge in [0.2, 0.25) is 5.88 Å². The summed E-state index contributed by atoms with van der Waals surface area (Å²) < 4.78 is 6.33. The third kappa shape index (κ3) is 5.87. The quantitative estimate of drug-likeness (QED) is 0.622. The largest absolute Gasteiger partial charge is 0.472 e. The first-order chi connectivity index (χ1) is 17.4. The Hall–Kier alpha value is -3.39. The van der Waals surface area contributed by atoms with E-state index in [2.05, 4.69) is 16.4 Å². The fourth-order valence-electron chi connectivity index (χ4n) is 4.69. The Morgan fingerprint density at radius 3 is 2.78 bits per heavy atom. The first kappa shape index (κ1) is 25.7. The van der Waals surface area contributed by atoms with Gasteiger partial charge in [0, 0.05) is 31.4 Å². The van der Waals surface area contributed by atoms with E-state index in [4.69, 9.17) is 4.74 Å². The molecule has 2 N–H and O–H groups in total. The standard InChI is InChI=1S/C28H36N4O4/c1-19-16-32(20(2)18-33)27(34)24-14-22(21-10-6-4-7-11-21)15-29-26(24)36-25(19)17-31(3)28(35)30-23-12-8-5-9-13-23/h5,8-10,12-15,19-20,25,33H,4,6-7,11,16-18H2,1-3H3,(H,30,35)/t19-,20-,25+/m1/s1. The van der Waals surface area contributed by atoms with Crippen molar-refractivity contribution in [1.29, 1.82) is 0 Å². The lowest BCUT2D eigenvalue weighted by molar-refractivity contribution is 0.0356. The van der Waals surface area contributed by atoms with Gasteiger partial charge < -0.3 is 25.0 Å². The van der Waals surface area contributed by atoms with Gasteiger partial charge in [0.05, 0.1) is 19.2 Å². The van der Waals surface area contributed by atoms with Gasteiger partial charge in [-0.15, -0.1) is 0 Å². The zero-order valence-corrected chi connectivity index (χ0v) is 21.3. The number of para-hydroxylation sites is 1. The number of hydrogen-bond acceptors (Lipinski definition) is 5. The van der Waals surface area contributed by atoms with Gasteiger partial charge in [0.25, 0.3) is 5.91 Å². The van der Waals surface area contributed by atoms with Gasteiger partial charge in [-0.05, 0) is 61.9 Å². The number of nitrogens with one attached hydrogen (secondary N) is 1. The summed E-state index contributed by atoms with van der Waals surface area (Å²) in [4.78, 5) is 34.3. The predicted octanol–water partition coefficient (Wildman–Crippen LogP) is 4.42. The van der Waals surface area contributed by atoms with Crippen molar-refractivity contribution >= 4 is 23.2 Å². The van der Waals surface area contributed by atoms with E-state index in [1.165, 1.54) is 12.0 Å². The first-order valence-corrected chi connectivity index (χ1v) is 12.7. The topological polar surface area (TPSA) is 95.0 Å². The summed E-state index contributed by atoms with van der Waals surface area (Å²) in [5.74, 6) is -0.0351. The molecule has 0 fully saturated rings. The Kier molecular flexibility index (Phi) is 8.25. The monoisotopic (exact) mass is 492 g/mol. The SMILES string of the molecule is C[C@@H]1CN([C@H](C)CO)C(=O)c2cc(C3=CCCCC3)cnc2O[C@H]1CN(C)C(=O)Nc1ccccc1. The van der Waals surface area contributed by atoms with Crippen LogP contribution in [0.15, 0.2) is 48.7 Å². The minimum Gasteiger partial charge on any atom is -0.472 e. The van der Waals surface area contributed by atoms with Gasteiger partial charge in [-0.2, -0.15) is 0 Å². The summed E-state index contributed by atoms with van der Waals surface area (Å²) in [5, 5.41) is 12.8. The lowest BCUT2D eigenvalue weighted by atomic mass is 9.93. The number of rotatable bonds is 6. The molecule has 3 amide bonds. The van der Waals surface area contributed by atoms with Crippen LogP contribution in [0.25, 0.3) is 5.57 Å². The number of aromatic nitrogens is 1. The number of anilines is 1. The van der Waals surface area contributed by atoms with Crippen LogP contribution < -0.4 is 10.1 Å². The van der Waals surface area contributed by atoms with Crippen molar-refractivity contribution in [3.63, 3.8) is 0 Å². The number of allylic oxidation sites excluding steroid dienone is 2. The van der Waals surface area contributed by atoms with Crippen LogP contribution >= 0.6 is 0 Å². The molecule has 8 heteroatoms. The fourth-order valence-corrected chi connectivity index (χ4v) is 4.69. The molecule has 4 rings (SSSR count). The van der Waals surface area contributed by atoms with Crippen LogP contribution in [0.3, 0.4) is 0 Å². The maximum Gasteiger partial charge on any atom is 0.321 e. The second-order valence-electron chi connectivity index (χ2n) is 9.85. The molecule has 192 valence electrons. The van der Waals surface area contributed by atoms with Crippen LogP contribution in [0, 0.1) is 5.92 Å². The van der Waals surface area contributed by atoms with E-state index < -0.39 is 6.10 Å². The minimum absolute atomic E-state index is 0.106. The number of pyridine rings is 1. The van der Waals surface area contributed by atoms with E-state index in [0.29, 0.717) is 24.3 Å². The summed E-state index contributed by atoms with van der Waals surface area (Å²) in [6.07, 6.45) is 7.89. The van der Waals surface area contributed by atoms with Crippen LogP contribution in [0.5, 0.6) is 5.88 Å². The van der Waals surface area contributed by atoms with Crippen molar-refractivity contribution in [2.45, 2.75) is 51.7 Å². The molecule has 2 aromatic rings. The van der Waals surface area contributed by atoms with Crippen LogP contribution in [0.2, 0.25) is 0 Å². The minimum atomic E-state index is -0.399. The molecule has 1 aromatic heterocycles. The van der Waals surface area contributed by atoms with E-state index in [1.54, 1.807) is 23.0 Å². The van der Waals surface area contributed by atoms with Gasteiger partial charge in [0.1, 0.15) is 11.7 Å². The number of carbonyl (C=O) groups excluding carboxylic acids is 2. The normalized spacial score (nSPS) is 20.8. The number of hydrogen-bond donors (Lipinski definition) is 2. The number of likely N-dealkylation sites (N-methyl/N-ethyl adjacent to an activating group) is 1. The molecule has 1 aliphatic heterocycles. The van der Waals surface area contributed by atoms with E-state index in [-0.39, 0.29) is 36.4 Å². The highest BCUT2D eigenvalue weighted by molar-refractivity contribution is 5.97. The molecule has 1 aliphatic carbocycles. The Labute approximate surface area is 213 Å². The Morgan fingerprint density at radius 2 is 2.08 bits per heavy atom. The molecule has 0 saturated carbocycles. The van der Waals surface area contributed by atoms with Crippen LogP contribution in [0.1, 0.15) is 55.5 Å². The summed E-state index contributed by atoms with van der Waals surface area (Å²) in [6.45, 7) is 4.39. The van der Waals surface area contributed by atoms with Crippen LogP contribution in [-0.4, -0.2) is 70.7 Å². The molecular weight excluding hydrogens is 456 g/mol. The highest BCUT2D eigenvalue weighted by atomic mass is 16.5. The van der Waals surface area contributed by atoms with Crippen molar-refractivity contribution in [2.75, 3.05) is 32.1 Å². The van der Waals surface area contributed by atoms with Crippen molar-refractivity contribution in [2.24, 2.45) is 5.92 Å². The van der Waals surface area contributed by atoms with E-state index >= 15 is 0 Å². The number of aliphatic hydroxyl groups excluding tert-OH is 1. The zero-order valence-electron chi connectivity index (χ0n) is 21.3. The summed E-state index contributed by atoms with van der Waals surface area (Å²) in [6, 6.07) is 10.6. The van der Waals surface area contributed by atoms with Gasteiger partial charge in [-0.1, -0.05) is 31.2 Å². The molecule has 3 atom stereocenters. The molecule has 0 spiro atoms. The number of benzene rings is 1. The number of amides is 3. The van der Waals surface area contributed by atoms with E-state index in [1.807, 2.05) is 50.2 Å². The Morgan fingerprint density at radius 1 is 1.31 bits per heavy atom. The van der Waals surface area contributed by atoms with Gasteiger partial charge in [-0.3, -0.25) is 4.79 Å². The first-order valence-electron chi connectivity index (χ1n) is 12.7. The average molecular weight is 493 g/mol. The number of aliphatic hydroxyl groups is 1. The second kappa shape index (κ2) is 11.6. The second-order valence-corrected chi connectivity index (χ2v) is 9.85. The number of fused-ring (bicyclic) bond motifs is 1. The maximum absolute atomic E-state index is 13.6. The van der Waals surface area contributed by atoms with Crippen LogP contribution in [-0.2, 0) is 0 Å². The predicted molar refractivity (Wildman–Crippen MR) is 140 cm³/mol. The number of urea groups is 1. The molecule has 0 saturated heterocycles.